The molecule has 18 heavy (non-hydrogen) atoms. The Kier molecular flexibility index (Phi) is 3.90. The summed E-state index contributed by atoms with van der Waals surface area (Å²) in [4.78, 5) is 11.8. The quantitative estimate of drug-likeness (QED) is 0.768. The number of methoxy groups -OCH3 is 2. The molecule has 1 aromatic carbocycles. The van der Waals surface area contributed by atoms with Gasteiger partial charge in [-0.2, -0.15) is 0 Å². The maximum Gasteiger partial charge on any atom is 0.309 e. The largest absolute Gasteiger partial charge is 0.497 e. The third-order valence-electron chi connectivity index (χ3n) is 3.90. The minimum absolute atomic E-state index is 0.0235. The first-order valence-electron chi connectivity index (χ1n) is 6.45. The molecular formula is C15H20O3. The third kappa shape index (κ3) is 2.22. The van der Waals surface area contributed by atoms with Gasteiger partial charge in [0.2, 0.25) is 0 Å². The van der Waals surface area contributed by atoms with Crippen LogP contribution in [0, 0.1) is 5.92 Å². The number of esters is 1. The highest BCUT2D eigenvalue weighted by Crippen LogP contribution is 2.41. The lowest BCUT2D eigenvalue weighted by Crippen LogP contribution is -2.21. The van der Waals surface area contributed by atoms with Crippen molar-refractivity contribution in [3.63, 3.8) is 0 Å². The van der Waals surface area contributed by atoms with Crippen molar-refractivity contribution in [1.29, 1.82) is 0 Å². The van der Waals surface area contributed by atoms with Crippen LogP contribution in [0.15, 0.2) is 18.2 Å². The van der Waals surface area contributed by atoms with Crippen molar-refractivity contribution in [3.8, 4) is 5.75 Å². The van der Waals surface area contributed by atoms with E-state index in [2.05, 4.69) is 12.1 Å². The number of carbonyl (C=O) groups excluding carboxylic acids is 1. The van der Waals surface area contributed by atoms with Crippen LogP contribution < -0.4 is 4.74 Å². The molecule has 0 unspecified atom stereocenters. The highest BCUT2D eigenvalue weighted by molar-refractivity contribution is 5.74. The van der Waals surface area contributed by atoms with E-state index in [-0.39, 0.29) is 11.9 Å². The van der Waals surface area contributed by atoms with Gasteiger partial charge in [0, 0.05) is 0 Å². The average molecular weight is 248 g/mol. The summed E-state index contributed by atoms with van der Waals surface area (Å²) < 4.78 is 10.2. The molecule has 2 atom stereocenters. The van der Waals surface area contributed by atoms with Gasteiger partial charge in [-0.3, -0.25) is 4.79 Å². The second-order valence-electron chi connectivity index (χ2n) is 4.75. The van der Waals surface area contributed by atoms with E-state index in [0.29, 0.717) is 5.92 Å². The Morgan fingerprint density at radius 3 is 2.83 bits per heavy atom. The molecule has 98 valence electrons. The fourth-order valence-electron chi connectivity index (χ4n) is 2.94. The third-order valence-corrected chi connectivity index (χ3v) is 3.90. The molecular weight excluding hydrogens is 228 g/mol. The lowest BCUT2D eigenvalue weighted by molar-refractivity contribution is -0.146. The maximum atomic E-state index is 11.8. The van der Waals surface area contributed by atoms with Gasteiger partial charge in [0.25, 0.3) is 0 Å². The fourth-order valence-corrected chi connectivity index (χ4v) is 2.94. The maximum absolute atomic E-state index is 11.8. The number of fused-ring (bicyclic) bond motifs is 1. The highest BCUT2D eigenvalue weighted by Gasteiger charge is 2.33. The monoisotopic (exact) mass is 248 g/mol. The number of rotatable bonds is 4. The van der Waals surface area contributed by atoms with E-state index in [9.17, 15) is 4.79 Å². The van der Waals surface area contributed by atoms with Crippen LogP contribution >= 0.6 is 0 Å². The van der Waals surface area contributed by atoms with Gasteiger partial charge >= 0.3 is 5.97 Å². The molecule has 1 aromatic rings. The van der Waals surface area contributed by atoms with Crippen LogP contribution in [0.1, 0.15) is 36.8 Å². The van der Waals surface area contributed by atoms with Crippen LogP contribution in [-0.2, 0) is 16.0 Å². The summed E-state index contributed by atoms with van der Waals surface area (Å²) in [5.74, 6) is 1.07. The minimum atomic E-state index is -0.0915. The van der Waals surface area contributed by atoms with Crippen molar-refractivity contribution >= 4 is 5.97 Å². The summed E-state index contributed by atoms with van der Waals surface area (Å²) in [6, 6.07) is 6.15. The molecule has 0 bridgehead atoms. The van der Waals surface area contributed by atoms with Crippen molar-refractivity contribution in [3.05, 3.63) is 29.3 Å². The molecule has 0 aliphatic heterocycles. The Bertz CT molecular complexity index is 439. The molecule has 0 radical (unpaired) electrons. The van der Waals surface area contributed by atoms with Crippen LogP contribution in [-0.4, -0.2) is 20.2 Å². The van der Waals surface area contributed by atoms with Gasteiger partial charge in [0.1, 0.15) is 5.75 Å². The molecule has 1 aliphatic rings. The lowest BCUT2D eigenvalue weighted by Gasteiger charge is -2.20. The van der Waals surface area contributed by atoms with Crippen LogP contribution in [0.3, 0.4) is 0 Å². The van der Waals surface area contributed by atoms with E-state index >= 15 is 0 Å². The van der Waals surface area contributed by atoms with Crippen molar-refractivity contribution in [2.24, 2.45) is 5.92 Å². The first kappa shape index (κ1) is 12.9. The second-order valence-corrected chi connectivity index (χ2v) is 4.75. The van der Waals surface area contributed by atoms with Gasteiger partial charge in [-0.25, -0.2) is 0 Å². The van der Waals surface area contributed by atoms with E-state index in [1.54, 1.807) is 7.11 Å². The van der Waals surface area contributed by atoms with Crippen molar-refractivity contribution in [2.45, 2.75) is 32.1 Å². The molecule has 0 spiro atoms. The summed E-state index contributed by atoms with van der Waals surface area (Å²) in [7, 11) is 3.15. The Morgan fingerprint density at radius 2 is 2.22 bits per heavy atom. The average Bonchev–Trinajstić information content (AvgIpc) is 2.82. The second kappa shape index (κ2) is 5.42. The van der Waals surface area contributed by atoms with Crippen LogP contribution in [0.2, 0.25) is 0 Å². The zero-order valence-corrected chi connectivity index (χ0v) is 11.2. The fraction of sp³-hybridized carbons (Fsp3) is 0.533. The SMILES string of the molecule is CC[C@@H](C(=O)OC)[C@H]1CCc2cc(OC)ccc21. The normalized spacial score (nSPS) is 19.2. The van der Waals surface area contributed by atoms with E-state index in [0.717, 1.165) is 25.0 Å². The lowest BCUT2D eigenvalue weighted by atomic mass is 9.85. The Labute approximate surface area is 108 Å². The number of hydrogen-bond acceptors (Lipinski definition) is 3. The molecule has 0 fully saturated rings. The predicted octanol–water partition coefficient (Wildman–Crippen LogP) is 2.92. The topological polar surface area (TPSA) is 35.5 Å². The Balaban J connectivity index is 2.27. The molecule has 0 N–H and O–H groups in total. The molecule has 0 amide bonds. The number of ether oxygens (including phenoxy) is 2. The first-order valence-corrected chi connectivity index (χ1v) is 6.45. The first-order chi connectivity index (χ1) is 8.71. The van der Waals surface area contributed by atoms with Gasteiger partial charge < -0.3 is 9.47 Å². The summed E-state index contributed by atoms with van der Waals surface area (Å²) in [6.45, 7) is 2.04. The van der Waals surface area contributed by atoms with Crippen LogP contribution in [0.5, 0.6) is 5.75 Å². The van der Waals surface area contributed by atoms with E-state index in [1.807, 2.05) is 13.0 Å². The zero-order valence-electron chi connectivity index (χ0n) is 11.2. The van der Waals surface area contributed by atoms with Crippen molar-refractivity contribution < 1.29 is 14.3 Å². The number of carbonyl (C=O) groups is 1. The number of benzene rings is 1. The summed E-state index contributed by atoms with van der Waals surface area (Å²) in [5.41, 5.74) is 2.59. The smallest absolute Gasteiger partial charge is 0.309 e. The molecule has 0 saturated carbocycles. The van der Waals surface area contributed by atoms with Crippen molar-refractivity contribution in [2.75, 3.05) is 14.2 Å². The standard InChI is InChI=1S/C15H20O3/c1-4-12(15(16)18-3)14-7-5-10-9-11(17-2)6-8-13(10)14/h6,8-9,12,14H,4-5,7H2,1-3H3/t12-,14-/m1/s1. The molecule has 0 saturated heterocycles. The minimum Gasteiger partial charge on any atom is -0.497 e. The van der Waals surface area contributed by atoms with E-state index < -0.39 is 0 Å². The van der Waals surface area contributed by atoms with Gasteiger partial charge in [-0.05, 0) is 48.4 Å². The Morgan fingerprint density at radius 1 is 1.44 bits per heavy atom. The molecule has 0 aromatic heterocycles. The van der Waals surface area contributed by atoms with E-state index in [4.69, 9.17) is 9.47 Å². The molecule has 3 heteroatoms. The zero-order chi connectivity index (χ0) is 13.1. The number of aryl methyl sites for hydroxylation is 1. The van der Waals surface area contributed by atoms with Crippen molar-refractivity contribution in [1.82, 2.24) is 0 Å². The van der Waals surface area contributed by atoms with Gasteiger partial charge in [0.05, 0.1) is 20.1 Å². The van der Waals surface area contributed by atoms with Gasteiger partial charge in [-0.1, -0.05) is 13.0 Å². The van der Waals surface area contributed by atoms with Crippen LogP contribution in [0.25, 0.3) is 0 Å². The Hall–Kier alpha value is -1.51. The molecule has 3 nitrogen and oxygen atoms in total. The molecule has 0 heterocycles. The van der Waals surface area contributed by atoms with Gasteiger partial charge in [0.15, 0.2) is 0 Å². The summed E-state index contributed by atoms with van der Waals surface area (Å²) >= 11 is 0. The van der Waals surface area contributed by atoms with Gasteiger partial charge in [-0.15, -0.1) is 0 Å². The number of hydrogen-bond donors (Lipinski definition) is 0. The highest BCUT2D eigenvalue weighted by atomic mass is 16.5. The van der Waals surface area contributed by atoms with Crippen LogP contribution in [0.4, 0.5) is 0 Å². The summed E-state index contributed by atoms with van der Waals surface area (Å²) in [6.07, 6.45) is 2.86. The van der Waals surface area contributed by atoms with E-state index in [1.165, 1.54) is 18.2 Å². The summed E-state index contributed by atoms with van der Waals surface area (Å²) in [5, 5.41) is 0. The molecule has 1 aliphatic carbocycles. The molecule has 2 rings (SSSR count). The predicted molar refractivity (Wildman–Crippen MR) is 69.9 cm³/mol.